The average molecular weight is 342 g/mol. The molecule has 0 saturated carbocycles. The molecule has 116 valence electrons. The minimum Gasteiger partial charge on any atom is -0.262 e. The fraction of sp³-hybridized carbons (Fsp3) is 0.286. The van der Waals surface area contributed by atoms with Gasteiger partial charge in [-0.25, -0.2) is 17.8 Å². The topological polar surface area (TPSA) is 72.0 Å². The third-order valence-corrected chi connectivity index (χ3v) is 5.27. The van der Waals surface area contributed by atoms with Crippen molar-refractivity contribution in [2.75, 3.05) is 4.72 Å². The summed E-state index contributed by atoms with van der Waals surface area (Å²) in [5.74, 6) is -0.567. The van der Waals surface area contributed by atoms with Crippen molar-refractivity contribution in [2.45, 2.75) is 30.6 Å². The number of aryl methyl sites for hydroxylation is 2. The second kappa shape index (κ2) is 5.81. The quantitative estimate of drug-likeness (QED) is 0.931. The fourth-order valence-electron chi connectivity index (χ4n) is 2.37. The minimum atomic E-state index is -4.02. The molecule has 1 aliphatic carbocycles. The number of sulfonamides is 1. The molecule has 1 aromatic heterocycles. The maximum atomic E-state index is 13.3. The van der Waals surface area contributed by atoms with Gasteiger partial charge < -0.3 is 0 Å². The number of halogens is 2. The number of aromatic nitrogens is 2. The van der Waals surface area contributed by atoms with E-state index in [0.717, 1.165) is 49.2 Å². The average Bonchev–Trinajstić information content (AvgIpc) is 2.49. The lowest BCUT2D eigenvalue weighted by atomic mass is 10.0. The number of rotatable bonds is 3. The van der Waals surface area contributed by atoms with Crippen LogP contribution in [0.5, 0.6) is 0 Å². The summed E-state index contributed by atoms with van der Waals surface area (Å²) >= 11 is 5.84. The molecule has 1 aromatic carbocycles. The van der Waals surface area contributed by atoms with Gasteiger partial charge in [0, 0.05) is 0 Å². The van der Waals surface area contributed by atoms with Gasteiger partial charge in [-0.1, -0.05) is 11.6 Å². The van der Waals surface area contributed by atoms with E-state index in [0.29, 0.717) is 0 Å². The molecule has 1 heterocycles. The monoisotopic (exact) mass is 341 g/mol. The van der Waals surface area contributed by atoms with Crippen molar-refractivity contribution in [3.05, 3.63) is 46.6 Å². The molecule has 0 atom stereocenters. The summed E-state index contributed by atoms with van der Waals surface area (Å²) in [6.07, 6.45) is 5.07. The van der Waals surface area contributed by atoms with E-state index in [2.05, 4.69) is 14.7 Å². The third kappa shape index (κ3) is 3.05. The maximum absolute atomic E-state index is 13.3. The van der Waals surface area contributed by atoms with E-state index in [1.54, 1.807) is 0 Å². The molecule has 2 aromatic rings. The number of fused-ring (bicyclic) bond motifs is 1. The van der Waals surface area contributed by atoms with E-state index in [1.165, 1.54) is 12.3 Å². The maximum Gasteiger partial charge on any atom is 0.264 e. The van der Waals surface area contributed by atoms with Gasteiger partial charge in [-0.05, 0) is 43.9 Å². The van der Waals surface area contributed by atoms with Crippen LogP contribution in [-0.2, 0) is 22.9 Å². The predicted molar refractivity (Wildman–Crippen MR) is 80.9 cm³/mol. The molecular weight excluding hydrogens is 329 g/mol. The number of nitrogens with one attached hydrogen (secondary N) is 1. The normalized spacial score (nSPS) is 14.5. The standard InChI is InChI=1S/C14H13ClFN3O2S/c15-10-6-5-9(16)7-13(10)22(20,21)19-14-8-17-11-3-1-2-4-12(11)18-14/h5-8H,1-4H2,(H,18,19). The van der Waals surface area contributed by atoms with Crippen LogP contribution in [0.3, 0.4) is 0 Å². The molecule has 8 heteroatoms. The van der Waals surface area contributed by atoms with Gasteiger partial charge in [0.15, 0.2) is 5.82 Å². The van der Waals surface area contributed by atoms with Gasteiger partial charge in [-0.3, -0.25) is 9.71 Å². The van der Waals surface area contributed by atoms with Crippen molar-refractivity contribution < 1.29 is 12.8 Å². The Morgan fingerprint density at radius 3 is 2.68 bits per heavy atom. The molecule has 0 unspecified atom stereocenters. The highest BCUT2D eigenvalue weighted by molar-refractivity contribution is 7.92. The van der Waals surface area contributed by atoms with Crippen molar-refractivity contribution in [1.82, 2.24) is 9.97 Å². The zero-order valence-corrected chi connectivity index (χ0v) is 13.1. The first-order valence-corrected chi connectivity index (χ1v) is 8.64. The van der Waals surface area contributed by atoms with Gasteiger partial charge in [-0.15, -0.1) is 0 Å². The molecule has 0 spiro atoms. The van der Waals surface area contributed by atoms with E-state index < -0.39 is 15.8 Å². The van der Waals surface area contributed by atoms with Gasteiger partial charge in [-0.2, -0.15) is 0 Å². The Morgan fingerprint density at radius 2 is 1.91 bits per heavy atom. The van der Waals surface area contributed by atoms with Gasteiger partial charge in [0.1, 0.15) is 10.7 Å². The highest BCUT2D eigenvalue weighted by atomic mass is 35.5. The van der Waals surface area contributed by atoms with Crippen molar-refractivity contribution in [2.24, 2.45) is 0 Å². The van der Waals surface area contributed by atoms with Crippen LogP contribution in [-0.4, -0.2) is 18.4 Å². The molecule has 0 radical (unpaired) electrons. The van der Waals surface area contributed by atoms with Crippen molar-refractivity contribution in [1.29, 1.82) is 0 Å². The van der Waals surface area contributed by atoms with Crippen LogP contribution < -0.4 is 4.72 Å². The van der Waals surface area contributed by atoms with Crippen LogP contribution in [0.4, 0.5) is 10.2 Å². The van der Waals surface area contributed by atoms with Crippen molar-refractivity contribution >= 4 is 27.4 Å². The van der Waals surface area contributed by atoms with Crippen LogP contribution in [0.2, 0.25) is 5.02 Å². The lowest BCUT2D eigenvalue weighted by molar-refractivity contribution is 0.595. The molecule has 0 saturated heterocycles. The summed E-state index contributed by atoms with van der Waals surface area (Å²) in [5, 5.41) is -0.0557. The van der Waals surface area contributed by atoms with Crippen LogP contribution >= 0.6 is 11.6 Å². The number of hydrogen-bond donors (Lipinski definition) is 1. The number of benzene rings is 1. The summed E-state index contributed by atoms with van der Waals surface area (Å²) in [6.45, 7) is 0. The summed E-state index contributed by atoms with van der Waals surface area (Å²) < 4.78 is 40.2. The smallest absolute Gasteiger partial charge is 0.262 e. The zero-order chi connectivity index (χ0) is 15.7. The SMILES string of the molecule is O=S(=O)(Nc1cnc2c(n1)CCCC2)c1cc(F)ccc1Cl. The van der Waals surface area contributed by atoms with Gasteiger partial charge >= 0.3 is 0 Å². The van der Waals surface area contributed by atoms with E-state index in [4.69, 9.17) is 11.6 Å². The second-order valence-electron chi connectivity index (χ2n) is 5.04. The molecule has 3 rings (SSSR count). The van der Waals surface area contributed by atoms with E-state index in [1.807, 2.05) is 0 Å². The number of nitrogens with zero attached hydrogens (tertiary/aromatic N) is 2. The predicted octanol–water partition coefficient (Wildman–Crippen LogP) is 2.95. The highest BCUT2D eigenvalue weighted by Crippen LogP contribution is 2.25. The molecule has 0 aliphatic heterocycles. The van der Waals surface area contributed by atoms with Crippen LogP contribution in [0.25, 0.3) is 0 Å². The number of anilines is 1. The molecule has 5 nitrogen and oxygen atoms in total. The summed E-state index contributed by atoms with van der Waals surface area (Å²) in [7, 11) is -4.02. The molecule has 0 bridgehead atoms. The second-order valence-corrected chi connectivity index (χ2v) is 7.09. The summed E-state index contributed by atoms with van der Waals surface area (Å²) in [6, 6.07) is 3.17. The third-order valence-electron chi connectivity index (χ3n) is 3.43. The Kier molecular flexibility index (Phi) is 4.01. The van der Waals surface area contributed by atoms with Crippen LogP contribution in [0, 0.1) is 5.82 Å². The van der Waals surface area contributed by atoms with E-state index in [-0.39, 0.29) is 15.7 Å². The van der Waals surface area contributed by atoms with E-state index in [9.17, 15) is 12.8 Å². The van der Waals surface area contributed by atoms with Gasteiger partial charge in [0.2, 0.25) is 0 Å². The lowest BCUT2D eigenvalue weighted by Gasteiger charge is -2.15. The van der Waals surface area contributed by atoms with Gasteiger partial charge in [0.25, 0.3) is 10.0 Å². The molecular formula is C14H13ClFN3O2S. The lowest BCUT2D eigenvalue weighted by Crippen LogP contribution is -2.17. The Balaban J connectivity index is 1.93. The fourth-order valence-corrected chi connectivity index (χ4v) is 3.87. The Morgan fingerprint density at radius 1 is 1.18 bits per heavy atom. The first-order chi connectivity index (χ1) is 10.5. The largest absolute Gasteiger partial charge is 0.264 e. The summed E-state index contributed by atoms with van der Waals surface area (Å²) in [4.78, 5) is 8.20. The van der Waals surface area contributed by atoms with Crippen LogP contribution in [0.1, 0.15) is 24.2 Å². The van der Waals surface area contributed by atoms with Crippen molar-refractivity contribution in [3.8, 4) is 0 Å². The van der Waals surface area contributed by atoms with E-state index >= 15 is 0 Å². The van der Waals surface area contributed by atoms with Gasteiger partial charge in [0.05, 0.1) is 22.6 Å². The molecule has 22 heavy (non-hydrogen) atoms. The molecule has 1 aliphatic rings. The Labute approximate surface area is 132 Å². The minimum absolute atomic E-state index is 0.0557. The Hall–Kier alpha value is -1.73. The molecule has 0 amide bonds. The number of hydrogen-bond acceptors (Lipinski definition) is 4. The van der Waals surface area contributed by atoms with Crippen molar-refractivity contribution in [3.63, 3.8) is 0 Å². The zero-order valence-electron chi connectivity index (χ0n) is 11.5. The first-order valence-electron chi connectivity index (χ1n) is 6.78. The molecule has 1 N–H and O–H groups in total. The first kappa shape index (κ1) is 15.2. The summed E-state index contributed by atoms with van der Waals surface area (Å²) in [5.41, 5.74) is 1.70. The highest BCUT2D eigenvalue weighted by Gasteiger charge is 2.21. The Bertz CT molecular complexity index is 827. The molecule has 0 fully saturated rings. The van der Waals surface area contributed by atoms with Crippen LogP contribution in [0.15, 0.2) is 29.3 Å².